The summed E-state index contributed by atoms with van der Waals surface area (Å²) >= 11 is 7.12. The van der Waals surface area contributed by atoms with Gasteiger partial charge in [0, 0.05) is 19.2 Å². The number of aromatic nitrogens is 4. The fourth-order valence-corrected chi connectivity index (χ4v) is 3.28. The fourth-order valence-electron chi connectivity index (χ4n) is 2.41. The molecule has 0 saturated carbocycles. The van der Waals surface area contributed by atoms with E-state index in [0.717, 1.165) is 11.4 Å². The number of benzene rings is 1. The van der Waals surface area contributed by atoms with Gasteiger partial charge in [-0.15, -0.1) is 16.8 Å². The third-order valence-electron chi connectivity index (χ3n) is 3.64. The molecule has 3 aromatic rings. The highest BCUT2D eigenvalue weighted by Crippen LogP contribution is 2.19. The zero-order chi connectivity index (χ0) is 19.1. The van der Waals surface area contributed by atoms with E-state index in [2.05, 4.69) is 27.1 Å². The second-order valence-corrected chi connectivity index (χ2v) is 7.04. The molecule has 0 aliphatic rings. The number of thioether (sulfide) groups is 1. The lowest BCUT2D eigenvalue weighted by Gasteiger charge is -2.08. The molecule has 1 amide bonds. The van der Waals surface area contributed by atoms with Crippen LogP contribution < -0.4 is 5.32 Å². The zero-order valence-electron chi connectivity index (χ0n) is 14.5. The average Bonchev–Trinajstić information content (AvgIpc) is 3.05. The summed E-state index contributed by atoms with van der Waals surface area (Å²) in [6, 6.07) is 13.4. The molecule has 0 fully saturated rings. The summed E-state index contributed by atoms with van der Waals surface area (Å²) in [5, 5.41) is 12.5. The molecule has 27 heavy (non-hydrogen) atoms. The molecule has 0 unspecified atom stereocenters. The number of hydrogen-bond donors (Lipinski definition) is 1. The first-order chi connectivity index (χ1) is 13.2. The number of anilines is 1. The van der Waals surface area contributed by atoms with Crippen molar-refractivity contribution in [2.75, 3.05) is 11.1 Å². The molecule has 6 nitrogen and oxygen atoms in total. The highest BCUT2D eigenvalue weighted by molar-refractivity contribution is 7.99. The first kappa shape index (κ1) is 19.1. The van der Waals surface area contributed by atoms with E-state index < -0.39 is 0 Å². The summed E-state index contributed by atoms with van der Waals surface area (Å²) in [4.78, 5) is 16.2. The van der Waals surface area contributed by atoms with Crippen LogP contribution in [0, 0.1) is 0 Å². The molecule has 0 bridgehead atoms. The maximum atomic E-state index is 12.2. The van der Waals surface area contributed by atoms with Crippen LogP contribution in [0.25, 0.3) is 0 Å². The first-order valence-corrected chi connectivity index (χ1v) is 9.63. The van der Waals surface area contributed by atoms with Crippen LogP contribution >= 0.6 is 23.4 Å². The molecule has 1 aromatic carbocycles. The Kier molecular flexibility index (Phi) is 6.62. The lowest BCUT2D eigenvalue weighted by molar-refractivity contribution is -0.113. The minimum Gasteiger partial charge on any atom is -0.310 e. The molecule has 138 valence electrons. The number of rotatable bonds is 8. The molecule has 2 aromatic heterocycles. The molecular formula is C19H18ClN5OS. The van der Waals surface area contributed by atoms with Crippen LogP contribution in [0.5, 0.6) is 0 Å². The second-order valence-electron chi connectivity index (χ2n) is 5.66. The molecule has 1 N–H and O–H groups in total. The number of allylic oxidation sites excluding steroid dienone is 1. The summed E-state index contributed by atoms with van der Waals surface area (Å²) in [7, 11) is 0. The summed E-state index contributed by atoms with van der Waals surface area (Å²) in [5.41, 5.74) is 1.15. The van der Waals surface area contributed by atoms with Crippen LogP contribution in [-0.4, -0.2) is 31.4 Å². The average molecular weight is 400 g/mol. The number of pyridine rings is 1. The lowest BCUT2D eigenvalue weighted by atomic mass is 10.1. The number of halogens is 1. The Balaban J connectivity index is 1.64. The van der Waals surface area contributed by atoms with Crippen LogP contribution in [-0.2, 0) is 17.8 Å². The second kappa shape index (κ2) is 9.34. The van der Waals surface area contributed by atoms with Crippen molar-refractivity contribution in [2.45, 2.75) is 18.1 Å². The van der Waals surface area contributed by atoms with E-state index in [4.69, 9.17) is 11.6 Å². The zero-order valence-corrected chi connectivity index (χ0v) is 16.1. The number of amides is 1. The Morgan fingerprint density at radius 2 is 2.04 bits per heavy atom. The largest absolute Gasteiger partial charge is 0.310 e. The molecule has 0 radical (unpaired) electrons. The number of nitrogens with zero attached hydrogens (tertiary/aromatic N) is 4. The molecule has 0 atom stereocenters. The molecule has 3 rings (SSSR count). The lowest BCUT2D eigenvalue weighted by Crippen LogP contribution is -2.15. The highest BCUT2D eigenvalue weighted by atomic mass is 35.5. The van der Waals surface area contributed by atoms with Crippen LogP contribution in [0.4, 0.5) is 5.82 Å². The smallest absolute Gasteiger partial charge is 0.236 e. The summed E-state index contributed by atoms with van der Waals surface area (Å²) in [6.45, 7) is 4.38. The SMILES string of the molecule is C=CCn1c(Cc2ccccc2)nnc1SCC(=O)Nc1ccc(Cl)cn1. The van der Waals surface area contributed by atoms with Gasteiger partial charge in [0.15, 0.2) is 5.16 Å². The Labute approximate surface area is 166 Å². The van der Waals surface area contributed by atoms with Gasteiger partial charge in [-0.2, -0.15) is 0 Å². The van der Waals surface area contributed by atoms with Gasteiger partial charge in [0.2, 0.25) is 5.91 Å². The van der Waals surface area contributed by atoms with Crippen LogP contribution in [0.2, 0.25) is 5.02 Å². The predicted octanol–water partition coefficient (Wildman–Crippen LogP) is 3.83. The third kappa shape index (κ3) is 5.42. The van der Waals surface area contributed by atoms with Crippen LogP contribution in [0.3, 0.4) is 0 Å². The first-order valence-electron chi connectivity index (χ1n) is 8.27. The molecule has 0 aliphatic heterocycles. The van der Waals surface area contributed by atoms with Crippen molar-refractivity contribution in [3.05, 3.63) is 77.7 Å². The number of carbonyl (C=O) groups excluding carboxylic acids is 1. The van der Waals surface area contributed by atoms with Gasteiger partial charge >= 0.3 is 0 Å². The van der Waals surface area contributed by atoms with Crippen molar-refractivity contribution in [3.63, 3.8) is 0 Å². The number of hydrogen-bond acceptors (Lipinski definition) is 5. The van der Waals surface area contributed by atoms with Crippen LogP contribution in [0.1, 0.15) is 11.4 Å². The Bertz CT molecular complexity index is 912. The van der Waals surface area contributed by atoms with Crippen molar-refractivity contribution in [2.24, 2.45) is 0 Å². The van der Waals surface area contributed by atoms with Gasteiger partial charge in [0.25, 0.3) is 0 Å². The van der Waals surface area contributed by atoms with Gasteiger partial charge in [0.05, 0.1) is 10.8 Å². The maximum Gasteiger partial charge on any atom is 0.236 e. The molecule has 2 heterocycles. The van der Waals surface area contributed by atoms with Gasteiger partial charge in [-0.1, -0.05) is 59.8 Å². The van der Waals surface area contributed by atoms with Crippen LogP contribution in [0.15, 0.2) is 66.5 Å². The van der Waals surface area contributed by atoms with Gasteiger partial charge in [-0.25, -0.2) is 4.98 Å². The normalized spacial score (nSPS) is 10.6. The number of nitrogens with one attached hydrogen (secondary N) is 1. The van der Waals surface area contributed by atoms with Gasteiger partial charge in [-0.3, -0.25) is 4.79 Å². The quantitative estimate of drug-likeness (QED) is 0.460. The molecule has 0 saturated heterocycles. The third-order valence-corrected chi connectivity index (χ3v) is 4.83. The van der Waals surface area contributed by atoms with Gasteiger partial charge < -0.3 is 9.88 Å². The van der Waals surface area contributed by atoms with E-state index in [1.807, 2.05) is 34.9 Å². The summed E-state index contributed by atoms with van der Waals surface area (Å²) in [6.07, 6.45) is 3.95. The highest BCUT2D eigenvalue weighted by Gasteiger charge is 2.14. The van der Waals surface area contributed by atoms with Crippen molar-refractivity contribution in [1.82, 2.24) is 19.7 Å². The Morgan fingerprint density at radius 1 is 1.22 bits per heavy atom. The molecule has 0 aliphatic carbocycles. The molecule has 8 heteroatoms. The standard InChI is InChI=1S/C19H18ClN5OS/c1-2-10-25-17(11-14-6-4-3-5-7-14)23-24-19(25)27-13-18(26)22-16-9-8-15(20)12-21-16/h2-9,12H,1,10-11,13H2,(H,21,22,26). The van der Waals surface area contributed by atoms with Crippen molar-refractivity contribution >= 4 is 35.1 Å². The molecular weight excluding hydrogens is 382 g/mol. The van der Waals surface area contributed by atoms with Gasteiger partial charge in [-0.05, 0) is 17.7 Å². The predicted molar refractivity (Wildman–Crippen MR) is 108 cm³/mol. The summed E-state index contributed by atoms with van der Waals surface area (Å²) in [5.74, 6) is 1.32. The minimum atomic E-state index is -0.174. The van der Waals surface area contributed by atoms with Crippen molar-refractivity contribution < 1.29 is 4.79 Å². The van der Waals surface area contributed by atoms with E-state index in [0.29, 0.717) is 29.0 Å². The van der Waals surface area contributed by atoms with E-state index in [-0.39, 0.29) is 11.7 Å². The number of carbonyl (C=O) groups is 1. The van der Waals surface area contributed by atoms with E-state index >= 15 is 0 Å². The Morgan fingerprint density at radius 3 is 2.74 bits per heavy atom. The minimum absolute atomic E-state index is 0.174. The monoisotopic (exact) mass is 399 g/mol. The van der Waals surface area contributed by atoms with E-state index in [1.165, 1.54) is 18.0 Å². The Hall–Kier alpha value is -2.64. The topological polar surface area (TPSA) is 72.7 Å². The van der Waals surface area contributed by atoms with E-state index in [9.17, 15) is 4.79 Å². The van der Waals surface area contributed by atoms with Crippen molar-refractivity contribution in [1.29, 1.82) is 0 Å². The maximum absolute atomic E-state index is 12.2. The molecule has 0 spiro atoms. The van der Waals surface area contributed by atoms with E-state index in [1.54, 1.807) is 18.2 Å². The van der Waals surface area contributed by atoms with Gasteiger partial charge in [0.1, 0.15) is 11.6 Å². The fraction of sp³-hybridized carbons (Fsp3) is 0.158. The van der Waals surface area contributed by atoms with Crippen molar-refractivity contribution in [3.8, 4) is 0 Å². The summed E-state index contributed by atoms with van der Waals surface area (Å²) < 4.78 is 1.97.